The maximum atomic E-state index is 12.3. The fourth-order valence-corrected chi connectivity index (χ4v) is 1.40. The van der Waals surface area contributed by atoms with E-state index in [2.05, 4.69) is 4.98 Å². The van der Waals surface area contributed by atoms with Gasteiger partial charge in [0, 0.05) is 5.39 Å². The third-order valence-electron chi connectivity index (χ3n) is 2.14. The van der Waals surface area contributed by atoms with Crippen molar-refractivity contribution in [3.63, 3.8) is 0 Å². The van der Waals surface area contributed by atoms with Crippen LogP contribution in [0.25, 0.3) is 10.9 Å². The lowest BCUT2D eigenvalue weighted by molar-refractivity contribution is -0.140. The fraction of sp³-hybridized carbons (Fsp3) is 0.400. The standard InChI is InChI=1S/C11H8F3N.2C2H6/c1-7-2-4-9-8(6-7)3-5-10(15-9)11(12,13)14;2*1-2/h2-6H,1H3;2*1-2H3. The van der Waals surface area contributed by atoms with Gasteiger partial charge in [-0.3, -0.25) is 0 Å². The minimum Gasteiger partial charge on any atom is -0.243 e. The Morgan fingerprint density at radius 2 is 1.47 bits per heavy atom. The van der Waals surface area contributed by atoms with Crippen LogP contribution >= 0.6 is 0 Å². The van der Waals surface area contributed by atoms with Gasteiger partial charge in [0.15, 0.2) is 0 Å². The van der Waals surface area contributed by atoms with Gasteiger partial charge >= 0.3 is 6.18 Å². The summed E-state index contributed by atoms with van der Waals surface area (Å²) in [6.07, 6.45) is -4.38. The molecule has 19 heavy (non-hydrogen) atoms. The Hall–Kier alpha value is -1.58. The topological polar surface area (TPSA) is 12.9 Å². The minimum absolute atomic E-state index is 0.371. The SMILES string of the molecule is CC.CC.Cc1ccc2nc(C(F)(F)F)ccc2c1. The van der Waals surface area contributed by atoms with E-state index in [4.69, 9.17) is 0 Å². The molecule has 0 aliphatic rings. The van der Waals surface area contributed by atoms with E-state index in [1.807, 2.05) is 40.7 Å². The number of aromatic nitrogens is 1. The van der Waals surface area contributed by atoms with Crippen molar-refractivity contribution in [1.82, 2.24) is 4.98 Å². The van der Waals surface area contributed by atoms with Gasteiger partial charge in [0.1, 0.15) is 5.69 Å². The monoisotopic (exact) mass is 271 g/mol. The van der Waals surface area contributed by atoms with E-state index in [9.17, 15) is 13.2 Å². The first-order valence-corrected chi connectivity index (χ1v) is 6.41. The number of rotatable bonds is 0. The van der Waals surface area contributed by atoms with Crippen LogP contribution in [-0.2, 0) is 6.18 Å². The summed E-state index contributed by atoms with van der Waals surface area (Å²) in [6, 6.07) is 7.60. The Bertz CT molecular complexity index is 504. The molecular formula is C15H20F3N. The minimum atomic E-state index is -4.38. The zero-order valence-corrected chi connectivity index (χ0v) is 12.0. The Morgan fingerprint density at radius 1 is 0.895 bits per heavy atom. The molecule has 0 amide bonds. The number of aryl methyl sites for hydroxylation is 1. The summed E-state index contributed by atoms with van der Waals surface area (Å²) >= 11 is 0. The number of alkyl halides is 3. The first-order valence-electron chi connectivity index (χ1n) is 6.41. The second kappa shape index (κ2) is 7.77. The molecule has 4 heteroatoms. The predicted octanol–water partition coefficient (Wildman–Crippen LogP) is 5.61. The molecule has 1 heterocycles. The highest BCUT2D eigenvalue weighted by molar-refractivity contribution is 5.79. The molecule has 1 nitrogen and oxygen atoms in total. The molecular weight excluding hydrogens is 251 g/mol. The molecule has 0 aliphatic carbocycles. The molecule has 106 valence electrons. The number of hydrogen-bond donors (Lipinski definition) is 0. The Kier molecular flexibility index (Phi) is 7.12. The van der Waals surface area contributed by atoms with Crippen LogP contribution in [0.4, 0.5) is 13.2 Å². The zero-order valence-electron chi connectivity index (χ0n) is 12.0. The summed E-state index contributed by atoms with van der Waals surface area (Å²) in [5, 5.41) is 0.725. The van der Waals surface area contributed by atoms with Crippen LogP contribution < -0.4 is 0 Å². The Balaban J connectivity index is 0.000000741. The van der Waals surface area contributed by atoms with Gasteiger partial charge in [-0.15, -0.1) is 0 Å². The van der Waals surface area contributed by atoms with Crippen molar-refractivity contribution in [2.75, 3.05) is 0 Å². The second-order valence-electron chi connectivity index (χ2n) is 3.39. The molecule has 1 aromatic heterocycles. The third kappa shape index (κ3) is 4.89. The smallest absolute Gasteiger partial charge is 0.243 e. The Morgan fingerprint density at radius 3 is 2.00 bits per heavy atom. The van der Waals surface area contributed by atoms with E-state index in [1.165, 1.54) is 6.07 Å². The fourth-order valence-electron chi connectivity index (χ4n) is 1.40. The molecule has 0 spiro atoms. The lowest BCUT2D eigenvalue weighted by Gasteiger charge is -2.06. The van der Waals surface area contributed by atoms with Gasteiger partial charge in [-0.2, -0.15) is 13.2 Å². The van der Waals surface area contributed by atoms with Crippen molar-refractivity contribution in [2.45, 2.75) is 40.8 Å². The van der Waals surface area contributed by atoms with E-state index in [1.54, 1.807) is 12.1 Å². The lowest BCUT2D eigenvalue weighted by Crippen LogP contribution is -2.07. The van der Waals surface area contributed by atoms with Gasteiger partial charge in [0.05, 0.1) is 5.52 Å². The van der Waals surface area contributed by atoms with Crippen LogP contribution in [0, 0.1) is 6.92 Å². The molecule has 0 saturated heterocycles. The van der Waals surface area contributed by atoms with Crippen molar-refractivity contribution < 1.29 is 13.2 Å². The van der Waals surface area contributed by atoms with E-state index in [0.29, 0.717) is 5.52 Å². The van der Waals surface area contributed by atoms with Gasteiger partial charge in [0.2, 0.25) is 0 Å². The Labute approximate surface area is 112 Å². The number of fused-ring (bicyclic) bond motifs is 1. The molecule has 0 atom stereocenters. The maximum Gasteiger partial charge on any atom is 0.433 e. The number of halogens is 3. The molecule has 0 saturated carbocycles. The first kappa shape index (κ1) is 17.4. The average Bonchev–Trinajstić information content (AvgIpc) is 2.41. The van der Waals surface area contributed by atoms with E-state index < -0.39 is 11.9 Å². The van der Waals surface area contributed by atoms with Crippen molar-refractivity contribution >= 4 is 10.9 Å². The molecule has 0 radical (unpaired) electrons. The number of hydrogen-bond acceptors (Lipinski definition) is 1. The zero-order chi connectivity index (χ0) is 15.1. The van der Waals surface area contributed by atoms with Crippen molar-refractivity contribution in [1.29, 1.82) is 0 Å². The van der Waals surface area contributed by atoms with E-state index in [0.717, 1.165) is 17.0 Å². The summed E-state index contributed by atoms with van der Waals surface area (Å²) in [6.45, 7) is 9.89. The number of pyridine rings is 1. The molecule has 0 unspecified atom stereocenters. The van der Waals surface area contributed by atoms with E-state index in [-0.39, 0.29) is 0 Å². The summed E-state index contributed by atoms with van der Waals surface area (Å²) < 4.78 is 37.0. The normalized spacial score (nSPS) is 10.1. The molecule has 2 rings (SSSR count). The predicted molar refractivity (Wildman–Crippen MR) is 74.2 cm³/mol. The molecule has 2 aromatic rings. The molecule has 0 aliphatic heterocycles. The molecule has 0 bridgehead atoms. The van der Waals surface area contributed by atoms with Gasteiger partial charge < -0.3 is 0 Å². The number of benzene rings is 1. The van der Waals surface area contributed by atoms with Gasteiger partial charge in [-0.25, -0.2) is 4.98 Å². The van der Waals surface area contributed by atoms with Crippen molar-refractivity contribution in [2.24, 2.45) is 0 Å². The molecule has 1 aromatic carbocycles. The quantitative estimate of drug-likeness (QED) is 0.606. The van der Waals surface area contributed by atoms with Crippen LogP contribution in [0.15, 0.2) is 30.3 Å². The lowest BCUT2D eigenvalue weighted by atomic mass is 10.1. The summed E-state index contributed by atoms with van der Waals surface area (Å²) in [7, 11) is 0. The molecule has 0 N–H and O–H groups in total. The van der Waals surface area contributed by atoms with Crippen LogP contribution in [-0.4, -0.2) is 4.98 Å². The summed E-state index contributed by atoms with van der Waals surface area (Å²) in [5.41, 5.74) is 0.526. The van der Waals surface area contributed by atoms with Crippen LogP contribution in [0.5, 0.6) is 0 Å². The van der Waals surface area contributed by atoms with Crippen molar-refractivity contribution in [3.05, 3.63) is 41.6 Å². The van der Waals surface area contributed by atoms with Gasteiger partial charge in [0.25, 0.3) is 0 Å². The summed E-state index contributed by atoms with van der Waals surface area (Å²) in [4.78, 5) is 3.56. The first-order chi connectivity index (χ1) is 8.97. The maximum absolute atomic E-state index is 12.3. The van der Waals surface area contributed by atoms with Gasteiger partial charge in [-0.1, -0.05) is 45.4 Å². The average molecular weight is 271 g/mol. The highest BCUT2D eigenvalue weighted by atomic mass is 19.4. The van der Waals surface area contributed by atoms with Crippen LogP contribution in [0.3, 0.4) is 0 Å². The third-order valence-corrected chi connectivity index (χ3v) is 2.14. The van der Waals surface area contributed by atoms with Gasteiger partial charge in [-0.05, 0) is 25.1 Å². The molecule has 0 fully saturated rings. The number of nitrogens with zero attached hydrogens (tertiary/aromatic N) is 1. The highest BCUT2D eigenvalue weighted by Crippen LogP contribution is 2.28. The van der Waals surface area contributed by atoms with E-state index >= 15 is 0 Å². The van der Waals surface area contributed by atoms with Crippen molar-refractivity contribution in [3.8, 4) is 0 Å². The van der Waals surface area contributed by atoms with Crippen LogP contribution in [0.1, 0.15) is 39.0 Å². The van der Waals surface area contributed by atoms with Crippen LogP contribution in [0.2, 0.25) is 0 Å². The largest absolute Gasteiger partial charge is 0.433 e. The highest BCUT2D eigenvalue weighted by Gasteiger charge is 2.32. The summed E-state index contributed by atoms with van der Waals surface area (Å²) in [5.74, 6) is 0. The second-order valence-corrected chi connectivity index (χ2v) is 3.39.